The molecule has 0 aliphatic rings. The quantitative estimate of drug-likeness (QED) is 0.344. The molecule has 1 N–H and O–H groups in total. The van der Waals surface area contributed by atoms with Gasteiger partial charge in [-0.3, -0.25) is 0 Å². The summed E-state index contributed by atoms with van der Waals surface area (Å²) < 4.78 is 8.47. The van der Waals surface area contributed by atoms with Crippen LogP contribution in [0.1, 0.15) is 51.9 Å². The molecule has 0 amide bonds. The van der Waals surface area contributed by atoms with Gasteiger partial charge in [-0.2, -0.15) is 0 Å². The van der Waals surface area contributed by atoms with Crippen LogP contribution in [-0.2, 0) is 0 Å². The molecule has 6 heteroatoms. The zero-order valence-electron chi connectivity index (χ0n) is 13.9. The minimum atomic E-state index is -2.03. The standard InChI is InChI=1S/C16H24I2O3Si/c1-9(2)22(10(3)4,11(5)6)21-15-13(17)7-12(16(19)20)8-14(15)18/h7-11H,1-6H3,(H,19,20). The van der Waals surface area contributed by atoms with Gasteiger partial charge in [0.05, 0.1) is 12.7 Å². The first-order chi connectivity index (χ1) is 10.0. The third-order valence-electron chi connectivity index (χ3n) is 4.23. The number of benzene rings is 1. The highest BCUT2D eigenvalue weighted by atomic mass is 127. The minimum absolute atomic E-state index is 0.312. The SMILES string of the molecule is CC(C)[Si](Oc1c(I)cc(C(=O)O)cc1I)(C(C)C)C(C)C. The molecule has 1 aromatic rings. The van der Waals surface area contributed by atoms with Crippen molar-refractivity contribution < 1.29 is 14.3 Å². The topological polar surface area (TPSA) is 46.5 Å². The van der Waals surface area contributed by atoms with Gasteiger partial charge < -0.3 is 9.53 Å². The van der Waals surface area contributed by atoms with Crippen LogP contribution in [-0.4, -0.2) is 19.4 Å². The minimum Gasteiger partial charge on any atom is -0.541 e. The van der Waals surface area contributed by atoms with Crippen molar-refractivity contribution in [2.45, 2.75) is 58.2 Å². The Morgan fingerprint density at radius 2 is 1.36 bits per heavy atom. The molecule has 1 rings (SSSR count). The molecule has 0 saturated carbocycles. The maximum Gasteiger partial charge on any atom is 0.335 e. The number of hydrogen-bond donors (Lipinski definition) is 1. The lowest BCUT2D eigenvalue weighted by Crippen LogP contribution is -2.51. The monoisotopic (exact) mass is 546 g/mol. The Hall–Kier alpha value is 0.167. The molecule has 0 aliphatic heterocycles. The van der Waals surface area contributed by atoms with Crippen LogP contribution in [0.3, 0.4) is 0 Å². The first kappa shape index (κ1) is 20.2. The highest BCUT2D eigenvalue weighted by Gasteiger charge is 2.47. The van der Waals surface area contributed by atoms with E-state index >= 15 is 0 Å². The van der Waals surface area contributed by atoms with Crippen molar-refractivity contribution in [3.63, 3.8) is 0 Å². The summed E-state index contributed by atoms with van der Waals surface area (Å²) >= 11 is 4.37. The Bertz CT molecular complexity index is 512. The number of halogens is 2. The molecule has 0 heterocycles. The van der Waals surface area contributed by atoms with Crippen LogP contribution >= 0.6 is 45.2 Å². The Morgan fingerprint density at radius 3 is 1.64 bits per heavy atom. The largest absolute Gasteiger partial charge is 0.541 e. The Balaban J connectivity index is 3.40. The van der Waals surface area contributed by atoms with Crippen molar-refractivity contribution in [3.05, 3.63) is 24.8 Å². The third-order valence-corrected chi connectivity index (χ3v) is 11.8. The lowest BCUT2D eigenvalue weighted by atomic mass is 10.2. The van der Waals surface area contributed by atoms with Crippen molar-refractivity contribution in [1.29, 1.82) is 0 Å². The molecule has 0 aliphatic carbocycles. The van der Waals surface area contributed by atoms with Gasteiger partial charge in [-0.1, -0.05) is 41.5 Å². The van der Waals surface area contributed by atoms with Crippen LogP contribution < -0.4 is 4.43 Å². The molecule has 0 atom stereocenters. The number of carboxylic acids is 1. The van der Waals surface area contributed by atoms with Crippen LogP contribution in [0.25, 0.3) is 0 Å². The Kier molecular flexibility index (Phi) is 7.19. The summed E-state index contributed by atoms with van der Waals surface area (Å²) in [5.74, 6) is -0.0450. The molecule has 1 aromatic carbocycles. The van der Waals surface area contributed by atoms with E-state index in [4.69, 9.17) is 4.43 Å². The van der Waals surface area contributed by atoms with E-state index in [0.29, 0.717) is 22.2 Å². The smallest absolute Gasteiger partial charge is 0.335 e. The van der Waals surface area contributed by atoms with E-state index in [0.717, 1.165) is 12.9 Å². The van der Waals surface area contributed by atoms with Crippen LogP contribution in [0.4, 0.5) is 0 Å². The van der Waals surface area contributed by atoms with E-state index in [-0.39, 0.29) is 0 Å². The highest BCUT2D eigenvalue weighted by molar-refractivity contribution is 14.1. The van der Waals surface area contributed by atoms with Gasteiger partial charge in [0.15, 0.2) is 0 Å². The molecular formula is C16H24I2O3Si. The summed E-state index contributed by atoms with van der Waals surface area (Å²) in [7, 11) is -2.03. The molecule has 124 valence electrons. The van der Waals surface area contributed by atoms with Crippen LogP contribution in [0.15, 0.2) is 12.1 Å². The summed E-state index contributed by atoms with van der Waals surface area (Å²) in [6.07, 6.45) is 0. The van der Waals surface area contributed by atoms with Crippen molar-refractivity contribution in [3.8, 4) is 5.75 Å². The average Bonchev–Trinajstić information content (AvgIpc) is 2.36. The molecule has 0 saturated heterocycles. The molecule has 0 unspecified atom stereocenters. The van der Waals surface area contributed by atoms with Gasteiger partial charge >= 0.3 is 5.97 Å². The molecule has 22 heavy (non-hydrogen) atoms. The first-order valence-electron chi connectivity index (χ1n) is 7.45. The predicted molar refractivity (Wildman–Crippen MR) is 111 cm³/mol. The van der Waals surface area contributed by atoms with Gasteiger partial charge in [0.1, 0.15) is 5.75 Å². The van der Waals surface area contributed by atoms with E-state index in [1.54, 1.807) is 12.1 Å². The second-order valence-electron chi connectivity index (χ2n) is 6.49. The normalized spacial score (nSPS) is 12.3. The van der Waals surface area contributed by atoms with Crippen molar-refractivity contribution in [1.82, 2.24) is 0 Å². The molecule has 0 spiro atoms. The van der Waals surface area contributed by atoms with Gasteiger partial charge in [-0.15, -0.1) is 0 Å². The van der Waals surface area contributed by atoms with E-state index in [9.17, 15) is 9.90 Å². The van der Waals surface area contributed by atoms with Crippen molar-refractivity contribution >= 4 is 59.5 Å². The first-order valence-corrected chi connectivity index (χ1v) is 11.7. The molecular weight excluding hydrogens is 522 g/mol. The van der Waals surface area contributed by atoms with Gasteiger partial charge in [0, 0.05) is 0 Å². The van der Waals surface area contributed by atoms with Crippen LogP contribution in [0.2, 0.25) is 16.6 Å². The molecule has 3 nitrogen and oxygen atoms in total. The van der Waals surface area contributed by atoms with E-state index < -0.39 is 14.3 Å². The zero-order chi connectivity index (χ0) is 17.2. The lowest BCUT2D eigenvalue weighted by Gasteiger charge is -2.42. The number of carbonyl (C=O) groups is 1. The Morgan fingerprint density at radius 1 is 1.00 bits per heavy atom. The number of carboxylic acid groups (broad SMARTS) is 1. The summed E-state index contributed by atoms with van der Waals surface area (Å²) in [5, 5.41) is 9.18. The average molecular weight is 546 g/mol. The lowest BCUT2D eigenvalue weighted by molar-refractivity contribution is 0.0696. The fourth-order valence-electron chi connectivity index (χ4n) is 3.31. The highest BCUT2D eigenvalue weighted by Crippen LogP contribution is 2.44. The van der Waals surface area contributed by atoms with Crippen molar-refractivity contribution in [2.24, 2.45) is 0 Å². The fourth-order valence-corrected chi connectivity index (χ4v) is 11.0. The van der Waals surface area contributed by atoms with Gasteiger partial charge in [0.2, 0.25) is 0 Å². The number of aromatic carboxylic acids is 1. The van der Waals surface area contributed by atoms with Gasteiger partial charge in [0.25, 0.3) is 8.32 Å². The summed E-state index contributed by atoms with van der Waals surface area (Å²) in [5.41, 5.74) is 1.77. The fraction of sp³-hybridized carbons (Fsp3) is 0.562. The summed E-state index contributed by atoms with van der Waals surface area (Å²) in [6.45, 7) is 13.5. The summed E-state index contributed by atoms with van der Waals surface area (Å²) in [6, 6.07) is 3.39. The Labute approximate surface area is 161 Å². The predicted octanol–water partition coefficient (Wildman–Crippen LogP) is 6.15. The molecule has 0 aromatic heterocycles. The van der Waals surface area contributed by atoms with E-state index in [2.05, 4.69) is 86.7 Å². The number of hydrogen-bond acceptors (Lipinski definition) is 2. The second-order valence-corrected chi connectivity index (χ2v) is 14.2. The molecule has 0 radical (unpaired) electrons. The summed E-state index contributed by atoms with van der Waals surface area (Å²) in [4.78, 5) is 11.2. The van der Waals surface area contributed by atoms with Gasteiger partial charge in [-0.05, 0) is 73.9 Å². The number of rotatable bonds is 6. The zero-order valence-corrected chi connectivity index (χ0v) is 19.2. The maximum absolute atomic E-state index is 11.2. The molecule has 0 fully saturated rings. The third kappa shape index (κ3) is 3.98. The maximum atomic E-state index is 11.2. The van der Waals surface area contributed by atoms with E-state index in [1.165, 1.54) is 0 Å². The van der Waals surface area contributed by atoms with Crippen LogP contribution in [0.5, 0.6) is 5.75 Å². The molecule has 0 bridgehead atoms. The van der Waals surface area contributed by atoms with Gasteiger partial charge in [-0.25, -0.2) is 4.79 Å². The second kappa shape index (κ2) is 7.83. The van der Waals surface area contributed by atoms with Crippen molar-refractivity contribution in [2.75, 3.05) is 0 Å². The van der Waals surface area contributed by atoms with E-state index in [1.807, 2.05) is 0 Å². The van der Waals surface area contributed by atoms with Crippen LogP contribution in [0, 0.1) is 7.14 Å².